The normalized spacial score (nSPS) is 23.0. The molecule has 88 valence electrons. The van der Waals surface area contributed by atoms with E-state index >= 15 is 0 Å². The number of hydrogen-bond donors (Lipinski definition) is 1. The van der Waals surface area contributed by atoms with E-state index in [2.05, 4.69) is 9.97 Å². The smallest absolute Gasteiger partial charge is 0.125 e. The first-order valence-corrected chi connectivity index (χ1v) is 5.91. The second-order valence-electron chi connectivity index (χ2n) is 4.31. The molecule has 16 heavy (non-hydrogen) atoms. The molecule has 1 fully saturated rings. The summed E-state index contributed by atoms with van der Waals surface area (Å²) in [6, 6.07) is 0. The van der Waals surface area contributed by atoms with Crippen molar-refractivity contribution in [3.05, 3.63) is 23.8 Å². The van der Waals surface area contributed by atoms with Crippen LogP contribution in [0.4, 0.5) is 0 Å². The van der Waals surface area contributed by atoms with E-state index in [-0.39, 0.29) is 12.0 Å². The van der Waals surface area contributed by atoms with Gasteiger partial charge >= 0.3 is 0 Å². The van der Waals surface area contributed by atoms with Crippen molar-refractivity contribution in [2.75, 3.05) is 13.2 Å². The van der Waals surface area contributed by atoms with Gasteiger partial charge < -0.3 is 10.5 Å². The quantitative estimate of drug-likeness (QED) is 0.838. The third-order valence-electron chi connectivity index (χ3n) is 3.15. The molecule has 0 radical (unpaired) electrons. The Labute approximate surface area is 96.2 Å². The van der Waals surface area contributed by atoms with Crippen molar-refractivity contribution in [2.45, 2.75) is 38.2 Å². The highest BCUT2D eigenvalue weighted by atomic mass is 16.5. The van der Waals surface area contributed by atoms with Gasteiger partial charge in [0.1, 0.15) is 5.82 Å². The fourth-order valence-corrected chi connectivity index (χ4v) is 2.18. The molecule has 0 bridgehead atoms. The third kappa shape index (κ3) is 2.57. The van der Waals surface area contributed by atoms with E-state index in [1.165, 1.54) is 6.42 Å². The number of aromatic nitrogens is 2. The second-order valence-corrected chi connectivity index (χ2v) is 4.31. The SMILES string of the molecule is Cc1ncc(C(CN)C2CCCCO2)cn1. The number of ether oxygens (including phenoxy) is 1. The summed E-state index contributed by atoms with van der Waals surface area (Å²) in [5.74, 6) is 1.03. The van der Waals surface area contributed by atoms with Gasteiger partial charge in [-0.1, -0.05) is 0 Å². The van der Waals surface area contributed by atoms with Crippen LogP contribution in [-0.4, -0.2) is 29.2 Å². The minimum atomic E-state index is 0.237. The predicted octanol–water partition coefficient (Wildman–Crippen LogP) is 1.40. The standard InChI is InChI=1S/C12H19N3O/c1-9-14-7-10(8-15-9)11(6-13)12-4-2-3-5-16-12/h7-8,11-12H,2-6,13H2,1H3. The van der Waals surface area contributed by atoms with Crippen LogP contribution in [0, 0.1) is 6.92 Å². The highest BCUT2D eigenvalue weighted by Gasteiger charge is 2.25. The Hall–Kier alpha value is -1.00. The van der Waals surface area contributed by atoms with Gasteiger partial charge in [-0.25, -0.2) is 9.97 Å². The van der Waals surface area contributed by atoms with E-state index in [9.17, 15) is 0 Å². The van der Waals surface area contributed by atoms with Crippen LogP contribution < -0.4 is 5.73 Å². The molecule has 1 saturated heterocycles. The van der Waals surface area contributed by atoms with Gasteiger partial charge in [0.05, 0.1) is 6.10 Å². The molecule has 2 N–H and O–H groups in total. The van der Waals surface area contributed by atoms with Crippen LogP contribution in [0.3, 0.4) is 0 Å². The lowest BCUT2D eigenvalue weighted by atomic mass is 9.91. The number of aryl methyl sites for hydroxylation is 1. The van der Waals surface area contributed by atoms with E-state index < -0.39 is 0 Å². The van der Waals surface area contributed by atoms with Gasteiger partial charge in [-0.3, -0.25) is 0 Å². The molecular formula is C12H19N3O. The zero-order valence-electron chi connectivity index (χ0n) is 9.72. The molecule has 2 atom stereocenters. The molecule has 0 saturated carbocycles. The molecule has 1 aromatic rings. The zero-order valence-corrected chi connectivity index (χ0v) is 9.72. The molecule has 0 spiro atoms. The van der Waals surface area contributed by atoms with Crippen LogP contribution in [0.2, 0.25) is 0 Å². The van der Waals surface area contributed by atoms with Crippen molar-refractivity contribution in [1.29, 1.82) is 0 Å². The van der Waals surface area contributed by atoms with Gasteiger partial charge in [-0.15, -0.1) is 0 Å². The summed E-state index contributed by atoms with van der Waals surface area (Å²) in [7, 11) is 0. The maximum Gasteiger partial charge on any atom is 0.125 e. The van der Waals surface area contributed by atoms with Crippen molar-refractivity contribution >= 4 is 0 Å². The highest BCUT2D eigenvalue weighted by Crippen LogP contribution is 2.26. The van der Waals surface area contributed by atoms with Crippen LogP contribution >= 0.6 is 0 Å². The molecule has 4 nitrogen and oxygen atoms in total. The van der Waals surface area contributed by atoms with Crippen LogP contribution in [0.5, 0.6) is 0 Å². The third-order valence-corrected chi connectivity index (χ3v) is 3.15. The Balaban J connectivity index is 2.11. The lowest BCUT2D eigenvalue weighted by Crippen LogP contribution is -2.31. The molecule has 0 amide bonds. The molecule has 1 aliphatic heterocycles. The maximum absolute atomic E-state index is 5.84. The lowest BCUT2D eigenvalue weighted by Gasteiger charge is -2.29. The molecule has 2 rings (SSSR count). The Kier molecular flexibility index (Phi) is 3.85. The number of nitrogens with two attached hydrogens (primary N) is 1. The summed E-state index contributed by atoms with van der Waals surface area (Å²) in [6.07, 6.45) is 7.47. The summed E-state index contributed by atoms with van der Waals surface area (Å²) in [6.45, 7) is 3.34. The van der Waals surface area contributed by atoms with Gasteiger partial charge in [-0.05, 0) is 31.7 Å². The van der Waals surface area contributed by atoms with Crippen LogP contribution in [0.15, 0.2) is 12.4 Å². The van der Waals surface area contributed by atoms with Crippen molar-refractivity contribution in [1.82, 2.24) is 9.97 Å². The van der Waals surface area contributed by atoms with Gasteiger partial charge in [0, 0.05) is 31.5 Å². The Morgan fingerprint density at radius 2 is 2.19 bits per heavy atom. The average Bonchev–Trinajstić information content (AvgIpc) is 2.34. The van der Waals surface area contributed by atoms with E-state index in [1.54, 1.807) is 0 Å². The molecule has 4 heteroatoms. The minimum absolute atomic E-state index is 0.237. The number of hydrogen-bond acceptors (Lipinski definition) is 4. The molecule has 2 unspecified atom stereocenters. The van der Waals surface area contributed by atoms with Gasteiger partial charge in [-0.2, -0.15) is 0 Å². The zero-order chi connectivity index (χ0) is 11.4. The van der Waals surface area contributed by atoms with Crippen LogP contribution in [-0.2, 0) is 4.74 Å². The summed E-state index contributed by atoms with van der Waals surface area (Å²) < 4.78 is 5.78. The Bertz CT molecular complexity index is 320. The topological polar surface area (TPSA) is 61.0 Å². The van der Waals surface area contributed by atoms with Gasteiger partial charge in [0.2, 0.25) is 0 Å². The fourth-order valence-electron chi connectivity index (χ4n) is 2.18. The van der Waals surface area contributed by atoms with Gasteiger partial charge in [0.25, 0.3) is 0 Å². The fraction of sp³-hybridized carbons (Fsp3) is 0.667. The predicted molar refractivity (Wildman–Crippen MR) is 62.2 cm³/mol. The molecule has 0 aromatic carbocycles. The van der Waals surface area contributed by atoms with E-state index in [0.717, 1.165) is 30.8 Å². The van der Waals surface area contributed by atoms with Gasteiger partial charge in [0.15, 0.2) is 0 Å². The highest BCUT2D eigenvalue weighted by molar-refractivity contribution is 5.14. The first-order valence-electron chi connectivity index (χ1n) is 5.91. The average molecular weight is 221 g/mol. The minimum Gasteiger partial charge on any atom is -0.378 e. The second kappa shape index (κ2) is 5.37. The lowest BCUT2D eigenvalue weighted by molar-refractivity contribution is 0.000449. The van der Waals surface area contributed by atoms with Crippen LogP contribution in [0.1, 0.15) is 36.6 Å². The summed E-state index contributed by atoms with van der Waals surface area (Å²) in [4.78, 5) is 8.44. The molecular weight excluding hydrogens is 202 g/mol. The largest absolute Gasteiger partial charge is 0.378 e. The summed E-state index contributed by atoms with van der Waals surface area (Å²) in [5.41, 5.74) is 6.94. The summed E-state index contributed by atoms with van der Waals surface area (Å²) >= 11 is 0. The molecule has 1 aliphatic rings. The van der Waals surface area contributed by atoms with Crippen molar-refractivity contribution < 1.29 is 4.74 Å². The Morgan fingerprint density at radius 1 is 1.44 bits per heavy atom. The molecule has 1 aromatic heterocycles. The Morgan fingerprint density at radius 3 is 2.75 bits per heavy atom. The first-order chi connectivity index (χ1) is 7.81. The molecule has 2 heterocycles. The monoisotopic (exact) mass is 221 g/mol. The first kappa shape index (κ1) is 11.5. The van der Waals surface area contributed by atoms with E-state index in [1.807, 2.05) is 19.3 Å². The van der Waals surface area contributed by atoms with Crippen molar-refractivity contribution in [2.24, 2.45) is 5.73 Å². The van der Waals surface area contributed by atoms with Crippen molar-refractivity contribution in [3.63, 3.8) is 0 Å². The van der Waals surface area contributed by atoms with Crippen LogP contribution in [0.25, 0.3) is 0 Å². The number of rotatable bonds is 3. The van der Waals surface area contributed by atoms with E-state index in [0.29, 0.717) is 6.54 Å². The molecule has 0 aliphatic carbocycles. The number of nitrogens with zero attached hydrogens (tertiary/aromatic N) is 2. The summed E-state index contributed by atoms with van der Waals surface area (Å²) in [5, 5.41) is 0. The van der Waals surface area contributed by atoms with Crippen molar-refractivity contribution in [3.8, 4) is 0 Å². The van der Waals surface area contributed by atoms with E-state index in [4.69, 9.17) is 10.5 Å². The maximum atomic E-state index is 5.84.